The first-order valence-electron chi connectivity index (χ1n) is 6.43. The van der Waals surface area contributed by atoms with Gasteiger partial charge in [0.05, 0.1) is 0 Å². The zero-order valence-electron chi connectivity index (χ0n) is 10.9. The van der Waals surface area contributed by atoms with Crippen LogP contribution in [0.3, 0.4) is 0 Å². The maximum absolute atomic E-state index is 9.75. The molecule has 0 aliphatic heterocycles. The van der Waals surface area contributed by atoms with Gasteiger partial charge in [-0.15, -0.1) is 12.3 Å². The van der Waals surface area contributed by atoms with Crippen LogP contribution in [0.5, 0.6) is 5.75 Å². The SMILES string of the molecule is C#CCCCCNCC(O)COc1cccc(Br)c1. The summed E-state index contributed by atoms with van der Waals surface area (Å²) in [6.45, 7) is 1.69. The van der Waals surface area contributed by atoms with Gasteiger partial charge in [-0.2, -0.15) is 0 Å². The van der Waals surface area contributed by atoms with Crippen LogP contribution < -0.4 is 10.1 Å². The summed E-state index contributed by atoms with van der Waals surface area (Å²) in [5.74, 6) is 3.36. The average Bonchev–Trinajstić information content (AvgIpc) is 2.40. The minimum Gasteiger partial charge on any atom is -0.491 e. The van der Waals surface area contributed by atoms with Crippen LogP contribution in [0.1, 0.15) is 19.3 Å². The van der Waals surface area contributed by atoms with Gasteiger partial charge in [-0.25, -0.2) is 0 Å². The summed E-state index contributed by atoms with van der Waals surface area (Å²) >= 11 is 3.37. The van der Waals surface area contributed by atoms with E-state index < -0.39 is 6.10 Å². The number of benzene rings is 1. The van der Waals surface area contributed by atoms with E-state index in [4.69, 9.17) is 11.2 Å². The predicted molar refractivity (Wildman–Crippen MR) is 81.2 cm³/mol. The van der Waals surface area contributed by atoms with E-state index in [1.54, 1.807) is 0 Å². The van der Waals surface area contributed by atoms with Crippen molar-refractivity contribution in [1.29, 1.82) is 0 Å². The molecule has 4 heteroatoms. The Hall–Kier alpha value is -1.02. The van der Waals surface area contributed by atoms with Crippen LogP contribution in [0.15, 0.2) is 28.7 Å². The van der Waals surface area contributed by atoms with E-state index >= 15 is 0 Å². The number of aliphatic hydroxyl groups excluding tert-OH is 1. The molecule has 104 valence electrons. The Balaban J connectivity index is 2.08. The number of halogens is 1. The fraction of sp³-hybridized carbons (Fsp3) is 0.467. The number of ether oxygens (including phenoxy) is 1. The summed E-state index contributed by atoms with van der Waals surface area (Å²) in [4.78, 5) is 0. The highest BCUT2D eigenvalue weighted by Crippen LogP contribution is 2.17. The molecule has 2 N–H and O–H groups in total. The average molecular weight is 326 g/mol. The third kappa shape index (κ3) is 7.89. The van der Waals surface area contributed by atoms with Gasteiger partial charge in [-0.3, -0.25) is 0 Å². The quantitative estimate of drug-likeness (QED) is 0.541. The van der Waals surface area contributed by atoms with Gasteiger partial charge in [-0.05, 0) is 37.6 Å². The van der Waals surface area contributed by atoms with Crippen molar-refractivity contribution in [3.63, 3.8) is 0 Å². The number of hydrogen-bond acceptors (Lipinski definition) is 3. The van der Waals surface area contributed by atoms with Gasteiger partial charge >= 0.3 is 0 Å². The molecule has 0 radical (unpaired) electrons. The summed E-state index contributed by atoms with van der Waals surface area (Å²) in [5.41, 5.74) is 0. The number of terminal acetylenes is 1. The third-order valence-electron chi connectivity index (χ3n) is 2.54. The van der Waals surface area contributed by atoms with Crippen molar-refractivity contribution >= 4 is 15.9 Å². The topological polar surface area (TPSA) is 41.5 Å². The lowest BCUT2D eigenvalue weighted by Crippen LogP contribution is -2.32. The molecule has 0 aliphatic carbocycles. The Morgan fingerprint density at radius 3 is 3.00 bits per heavy atom. The molecule has 19 heavy (non-hydrogen) atoms. The van der Waals surface area contributed by atoms with Crippen LogP contribution in [-0.4, -0.2) is 30.9 Å². The maximum Gasteiger partial charge on any atom is 0.120 e. The van der Waals surface area contributed by atoms with Crippen LogP contribution in [-0.2, 0) is 0 Å². The van der Waals surface area contributed by atoms with Gasteiger partial charge in [0.25, 0.3) is 0 Å². The van der Waals surface area contributed by atoms with Gasteiger partial charge < -0.3 is 15.2 Å². The molecule has 1 aromatic carbocycles. The van der Waals surface area contributed by atoms with Crippen molar-refractivity contribution in [3.05, 3.63) is 28.7 Å². The van der Waals surface area contributed by atoms with E-state index in [0.29, 0.717) is 6.54 Å². The molecule has 0 amide bonds. The zero-order chi connectivity index (χ0) is 13.9. The van der Waals surface area contributed by atoms with Crippen molar-refractivity contribution in [2.24, 2.45) is 0 Å². The fourth-order valence-corrected chi connectivity index (χ4v) is 1.93. The molecule has 0 heterocycles. The number of rotatable bonds is 9. The van der Waals surface area contributed by atoms with Gasteiger partial charge in [0.1, 0.15) is 18.5 Å². The first-order valence-corrected chi connectivity index (χ1v) is 7.22. The molecule has 0 saturated carbocycles. The number of nitrogens with one attached hydrogen (secondary N) is 1. The summed E-state index contributed by atoms with van der Waals surface area (Å²) in [5, 5.41) is 12.9. The predicted octanol–water partition coefficient (Wildman–Crippen LogP) is 2.58. The molecule has 1 rings (SSSR count). The molecule has 0 aliphatic rings. The van der Waals surface area contributed by atoms with E-state index in [1.165, 1.54) is 0 Å². The van der Waals surface area contributed by atoms with Crippen molar-refractivity contribution in [2.75, 3.05) is 19.7 Å². The van der Waals surface area contributed by atoms with Gasteiger partial charge in [-0.1, -0.05) is 22.0 Å². The molecule has 0 saturated heterocycles. The minimum atomic E-state index is -0.508. The smallest absolute Gasteiger partial charge is 0.120 e. The summed E-state index contributed by atoms with van der Waals surface area (Å²) in [6.07, 6.45) is 7.53. The van der Waals surface area contributed by atoms with Crippen molar-refractivity contribution in [1.82, 2.24) is 5.32 Å². The van der Waals surface area contributed by atoms with Gasteiger partial charge in [0.15, 0.2) is 0 Å². The largest absolute Gasteiger partial charge is 0.491 e. The Kier molecular flexibility index (Phi) is 8.31. The molecule has 0 aromatic heterocycles. The Morgan fingerprint density at radius 2 is 2.26 bits per heavy atom. The normalized spacial score (nSPS) is 11.8. The standard InChI is InChI=1S/C15H20BrNO2/c1-2-3-4-5-9-17-11-14(18)12-19-15-8-6-7-13(16)10-15/h1,6-8,10,14,17-18H,3-5,9,11-12H2. The molecule has 1 aromatic rings. The van der Waals surface area contributed by atoms with E-state index in [9.17, 15) is 5.11 Å². The lowest BCUT2D eigenvalue weighted by molar-refractivity contribution is 0.106. The molecule has 0 bridgehead atoms. The van der Waals surface area contributed by atoms with E-state index in [1.807, 2.05) is 24.3 Å². The first-order chi connectivity index (χ1) is 9.22. The van der Waals surface area contributed by atoms with Gasteiger partial charge in [0.2, 0.25) is 0 Å². The summed E-state index contributed by atoms with van der Waals surface area (Å²) < 4.78 is 6.46. The monoisotopic (exact) mass is 325 g/mol. The van der Waals surface area contributed by atoms with E-state index in [-0.39, 0.29) is 6.61 Å². The van der Waals surface area contributed by atoms with Crippen LogP contribution in [0.25, 0.3) is 0 Å². The molecule has 3 nitrogen and oxygen atoms in total. The lowest BCUT2D eigenvalue weighted by Gasteiger charge is -2.13. The van der Waals surface area contributed by atoms with Crippen LogP contribution in [0.2, 0.25) is 0 Å². The third-order valence-corrected chi connectivity index (χ3v) is 3.04. The van der Waals surface area contributed by atoms with Crippen molar-refractivity contribution in [3.8, 4) is 18.1 Å². The second-order valence-electron chi connectivity index (χ2n) is 4.29. The van der Waals surface area contributed by atoms with Crippen molar-refractivity contribution in [2.45, 2.75) is 25.4 Å². The number of unbranched alkanes of at least 4 members (excludes halogenated alkanes) is 2. The first kappa shape index (κ1) is 16.0. The van der Waals surface area contributed by atoms with Crippen LogP contribution in [0.4, 0.5) is 0 Å². The highest BCUT2D eigenvalue weighted by atomic mass is 79.9. The fourth-order valence-electron chi connectivity index (χ4n) is 1.55. The number of hydrogen-bond donors (Lipinski definition) is 2. The molecule has 1 atom stereocenters. The molecular weight excluding hydrogens is 306 g/mol. The Morgan fingerprint density at radius 1 is 1.42 bits per heavy atom. The summed E-state index contributed by atoms with van der Waals surface area (Å²) in [7, 11) is 0. The van der Waals surface area contributed by atoms with Gasteiger partial charge in [0, 0.05) is 17.4 Å². The highest BCUT2D eigenvalue weighted by molar-refractivity contribution is 9.10. The molecular formula is C15H20BrNO2. The second-order valence-corrected chi connectivity index (χ2v) is 5.20. The van der Waals surface area contributed by atoms with E-state index in [2.05, 4.69) is 27.2 Å². The highest BCUT2D eigenvalue weighted by Gasteiger charge is 2.04. The number of aliphatic hydroxyl groups is 1. The second kappa shape index (κ2) is 9.85. The van der Waals surface area contributed by atoms with Crippen LogP contribution >= 0.6 is 15.9 Å². The van der Waals surface area contributed by atoms with Crippen molar-refractivity contribution < 1.29 is 9.84 Å². The minimum absolute atomic E-state index is 0.286. The summed E-state index contributed by atoms with van der Waals surface area (Å²) in [6, 6.07) is 7.57. The molecule has 0 fully saturated rings. The van der Waals surface area contributed by atoms with Crippen LogP contribution in [0, 0.1) is 12.3 Å². The Bertz CT molecular complexity index is 403. The lowest BCUT2D eigenvalue weighted by atomic mass is 10.2. The Labute approximate surface area is 123 Å². The van der Waals surface area contributed by atoms with E-state index in [0.717, 1.165) is 36.0 Å². The molecule has 0 spiro atoms. The zero-order valence-corrected chi connectivity index (χ0v) is 12.5. The molecule has 1 unspecified atom stereocenters. The maximum atomic E-state index is 9.75.